The highest BCUT2D eigenvalue weighted by atomic mass is 35.5. The molecule has 0 aromatic heterocycles. The maximum absolute atomic E-state index is 12.8. The largest absolute Gasteiger partial charge is 0.465 e. The Morgan fingerprint density at radius 2 is 1.61 bits per heavy atom. The average molecular weight is 459 g/mol. The summed E-state index contributed by atoms with van der Waals surface area (Å²) in [7, 11) is -2.67. The molecule has 0 aliphatic rings. The van der Waals surface area contributed by atoms with Crippen molar-refractivity contribution in [1.82, 2.24) is 0 Å². The smallest absolute Gasteiger partial charge is 0.339 e. The zero-order valence-corrected chi connectivity index (χ0v) is 18.3. The van der Waals surface area contributed by atoms with Gasteiger partial charge >= 0.3 is 5.97 Å². The van der Waals surface area contributed by atoms with Crippen LogP contribution in [0.5, 0.6) is 0 Å². The lowest BCUT2D eigenvalue weighted by Crippen LogP contribution is -2.18. The predicted octanol–water partition coefficient (Wildman–Crippen LogP) is 4.49. The molecule has 1 amide bonds. The Hall–Kier alpha value is -3.36. The molecule has 2 N–H and O–H groups in total. The summed E-state index contributed by atoms with van der Waals surface area (Å²) in [5.74, 6) is -1.22. The molecule has 0 radical (unpaired) electrons. The van der Waals surface area contributed by atoms with E-state index in [9.17, 15) is 18.0 Å². The van der Waals surface area contributed by atoms with Gasteiger partial charge in [0.1, 0.15) is 0 Å². The fourth-order valence-electron chi connectivity index (χ4n) is 2.76. The average Bonchev–Trinajstić information content (AvgIpc) is 2.75. The number of amides is 1. The lowest BCUT2D eigenvalue weighted by Gasteiger charge is -2.13. The van der Waals surface area contributed by atoms with Crippen LogP contribution in [0.4, 0.5) is 11.4 Å². The quantitative estimate of drug-likeness (QED) is 0.530. The summed E-state index contributed by atoms with van der Waals surface area (Å²) < 4.78 is 32.6. The zero-order valence-electron chi connectivity index (χ0n) is 16.7. The first-order chi connectivity index (χ1) is 14.7. The van der Waals surface area contributed by atoms with Crippen molar-refractivity contribution < 1.29 is 22.7 Å². The highest BCUT2D eigenvalue weighted by Crippen LogP contribution is 2.24. The molecule has 0 fully saturated rings. The lowest BCUT2D eigenvalue weighted by molar-refractivity contribution is 0.0600. The maximum Gasteiger partial charge on any atom is 0.339 e. The summed E-state index contributed by atoms with van der Waals surface area (Å²) in [6.45, 7) is 1.85. The van der Waals surface area contributed by atoms with E-state index in [0.717, 1.165) is 5.56 Å². The number of sulfonamides is 1. The van der Waals surface area contributed by atoms with Gasteiger partial charge in [0.05, 0.1) is 33.8 Å². The van der Waals surface area contributed by atoms with Crippen LogP contribution in [0, 0.1) is 6.92 Å². The second-order valence-electron chi connectivity index (χ2n) is 6.60. The van der Waals surface area contributed by atoms with Crippen molar-refractivity contribution in [3.05, 3.63) is 88.4 Å². The Morgan fingerprint density at radius 3 is 2.29 bits per heavy atom. The molecule has 0 saturated carbocycles. The Balaban J connectivity index is 1.87. The molecule has 3 rings (SSSR count). The van der Waals surface area contributed by atoms with Gasteiger partial charge in [-0.05, 0) is 49.4 Å². The highest BCUT2D eigenvalue weighted by Gasteiger charge is 2.19. The van der Waals surface area contributed by atoms with Gasteiger partial charge < -0.3 is 10.1 Å². The van der Waals surface area contributed by atoms with E-state index >= 15 is 0 Å². The van der Waals surface area contributed by atoms with Crippen LogP contribution in [0.25, 0.3) is 0 Å². The van der Waals surface area contributed by atoms with Gasteiger partial charge in [0.15, 0.2) is 0 Å². The van der Waals surface area contributed by atoms with Gasteiger partial charge in [0, 0.05) is 5.69 Å². The number of para-hydroxylation sites is 1. The van der Waals surface area contributed by atoms with Gasteiger partial charge in [0.2, 0.25) is 0 Å². The third kappa shape index (κ3) is 5.22. The van der Waals surface area contributed by atoms with Crippen LogP contribution in [0.3, 0.4) is 0 Å². The molecule has 0 spiro atoms. The first kappa shape index (κ1) is 22.3. The number of ether oxygens (including phenoxy) is 1. The molecule has 3 aromatic carbocycles. The number of rotatable bonds is 6. The third-order valence-electron chi connectivity index (χ3n) is 4.38. The van der Waals surface area contributed by atoms with Crippen LogP contribution in [-0.4, -0.2) is 27.4 Å². The summed E-state index contributed by atoms with van der Waals surface area (Å²) in [5.41, 5.74) is 1.53. The number of hydrogen-bond donors (Lipinski definition) is 2. The SMILES string of the molecule is COC(=O)c1cc(NC(=O)c2ccccc2NS(=O)(=O)c2ccc(C)cc2)ccc1Cl. The molecule has 0 heterocycles. The molecule has 0 aliphatic carbocycles. The summed E-state index contributed by atoms with van der Waals surface area (Å²) >= 11 is 6.00. The fourth-order valence-corrected chi connectivity index (χ4v) is 4.03. The van der Waals surface area contributed by atoms with E-state index in [4.69, 9.17) is 11.6 Å². The number of anilines is 2. The van der Waals surface area contributed by atoms with Crippen LogP contribution in [-0.2, 0) is 14.8 Å². The van der Waals surface area contributed by atoms with Crippen molar-refractivity contribution in [3.63, 3.8) is 0 Å². The van der Waals surface area contributed by atoms with E-state index in [1.165, 1.54) is 49.6 Å². The van der Waals surface area contributed by atoms with Crippen LogP contribution >= 0.6 is 11.6 Å². The van der Waals surface area contributed by atoms with Crippen molar-refractivity contribution in [2.24, 2.45) is 0 Å². The maximum atomic E-state index is 12.8. The van der Waals surface area contributed by atoms with Crippen LogP contribution in [0.2, 0.25) is 5.02 Å². The minimum absolute atomic E-state index is 0.0775. The molecule has 0 bridgehead atoms. The van der Waals surface area contributed by atoms with Gasteiger partial charge in [-0.15, -0.1) is 0 Å². The molecule has 0 saturated heterocycles. The molecule has 0 atom stereocenters. The van der Waals surface area contributed by atoms with Crippen LogP contribution in [0.15, 0.2) is 71.6 Å². The second kappa shape index (κ2) is 9.20. The highest BCUT2D eigenvalue weighted by molar-refractivity contribution is 7.92. The first-order valence-corrected chi connectivity index (χ1v) is 10.9. The minimum atomic E-state index is -3.89. The first-order valence-electron chi connectivity index (χ1n) is 9.09. The van der Waals surface area contributed by atoms with Crippen molar-refractivity contribution in [3.8, 4) is 0 Å². The van der Waals surface area contributed by atoms with Gasteiger partial charge in [0.25, 0.3) is 15.9 Å². The molecule has 3 aromatic rings. The summed E-state index contributed by atoms with van der Waals surface area (Å²) in [5, 5.41) is 2.81. The summed E-state index contributed by atoms with van der Waals surface area (Å²) in [6.07, 6.45) is 0. The molecule has 7 nitrogen and oxygen atoms in total. The molecular weight excluding hydrogens is 440 g/mol. The number of carbonyl (C=O) groups is 2. The van der Waals surface area contributed by atoms with E-state index in [0.29, 0.717) is 5.69 Å². The molecule has 9 heteroatoms. The third-order valence-corrected chi connectivity index (χ3v) is 6.09. The standard InChI is InChI=1S/C22H19ClN2O5S/c1-14-7-10-16(11-8-14)31(28,29)25-20-6-4-3-5-17(20)21(26)24-15-9-12-19(23)18(13-15)22(27)30-2/h3-13,25H,1-2H3,(H,24,26). The number of halogens is 1. The van der Waals surface area contributed by atoms with Crippen molar-refractivity contribution >= 4 is 44.9 Å². The van der Waals surface area contributed by atoms with Crippen LogP contribution < -0.4 is 10.0 Å². The minimum Gasteiger partial charge on any atom is -0.465 e. The van der Waals surface area contributed by atoms with E-state index in [-0.39, 0.29) is 26.7 Å². The number of carbonyl (C=O) groups excluding carboxylic acids is 2. The normalized spacial score (nSPS) is 10.9. The monoisotopic (exact) mass is 458 g/mol. The number of hydrogen-bond acceptors (Lipinski definition) is 5. The number of methoxy groups -OCH3 is 1. The molecule has 0 unspecified atom stereocenters. The zero-order chi connectivity index (χ0) is 22.6. The summed E-state index contributed by atoms with van der Waals surface area (Å²) in [4.78, 5) is 24.7. The van der Waals surface area contributed by atoms with Crippen molar-refractivity contribution in [2.45, 2.75) is 11.8 Å². The Morgan fingerprint density at radius 1 is 0.935 bits per heavy atom. The van der Waals surface area contributed by atoms with E-state index in [2.05, 4.69) is 14.8 Å². The van der Waals surface area contributed by atoms with Crippen molar-refractivity contribution in [2.75, 3.05) is 17.1 Å². The molecule has 160 valence electrons. The fraction of sp³-hybridized carbons (Fsp3) is 0.0909. The Bertz CT molecular complexity index is 1240. The number of nitrogens with one attached hydrogen (secondary N) is 2. The number of benzene rings is 3. The van der Waals surface area contributed by atoms with Gasteiger partial charge in [-0.3, -0.25) is 9.52 Å². The van der Waals surface area contributed by atoms with Crippen molar-refractivity contribution in [1.29, 1.82) is 0 Å². The Labute approximate surface area is 185 Å². The predicted molar refractivity (Wildman–Crippen MR) is 119 cm³/mol. The topological polar surface area (TPSA) is 102 Å². The number of aryl methyl sites for hydroxylation is 1. The lowest BCUT2D eigenvalue weighted by atomic mass is 10.1. The van der Waals surface area contributed by atoms with Gasteiger partial charge in [-0.1, -0.05) is 41.4 Å². The molecule has 0 aliphatic heterocycles. The molecule has 31 heavy (non-hydrogen) atoms. The second-order valence-corrected chi connectivity index (χ2v) is 8.69. The van der Waals surface area contributed by atoms with Crippen LogP contribution in [0.1, 0.15) is 26.3 Å². The van der Waals surface area contributed by atoms with E-state index in [1.54, 1.807) is 24.3 Å². The van der Waals surface area contributed by atoms with Gasteiger partial charge in [-0.2, -0.15) is 0 Å². The number of esters is 1. The van der Waals surface area contributed by atoms with E-state index < -0.39 is 21.9 Å². The molecular formula is C22H19ClN2O5S. The summed E-state index contributed by atoms with van der Waals surface area (Å²) in [6, 6.07) is 16.9. The van der Waals surface area contributed by atoms with Gasteiger partial charge in [-0.25, -0.2) is 13.2 Å². The Kier molecular flexibility index (Phi) is 6.62. The van der Waals surface area contributed by atoms with E-state index in [1.807, 2.05) is 6.92 Å².